The summed E-state index contributed by atoms with van der Waals surface area (Å²) in [5.74, 6) is 0. The van der Waals surface area contributed by atoms with Crippen LogP contribution in [0, 0.1) is 0 Å². The number of hydrogen-bond acceptors (Lipinski definition) is 3. The Kier molecular flexibility index (Phi) is 4.93. The van der Waals surface area contributed by atoms with Crippen LogP contribution in [0.15, 0.2) is 43.0 Å². The summed E-state index contributed by atoms with van der Waals surface area (Å²) >= 11 is 0. The van der Waals surface area contributed by atoms with Crippen LogP contribution >= 0.6 is 0 Å². The number of aliphatic hydroxyl groups excluding tert-OH is 1. The van der Waals surface area contributed by atoms with E-state index in [1.165, 1.54) is 5.56 Å². The molecule has 1 aromatic rings. The third kappa shape index (κ3) is 3.19. The van der Waals surface area contributed by atoms with Crippen molar-refractivity contribution in [1.29, 1.82) is 0 Å². The first-order valence-corrected chi connectivity index (χ1v) is 6.60. The van der Waals surface area contributed by atoms with Crippen molar-refractivity contribution in [2.75, 3.05) is 39.3 Å². The Balaban J connectivity index is 1.97. The van der Waals surface area contributed by atoms with Gasteiger partial charge in [-0.3, -0.25) is 9.80 Å². The standard InChI is InChI=1S/C15H22N2O/c1-2-15(14-6-4-3-5-7-14)17-10-8-16(9-11-17)12-13-18/h2-7,15,18H,1,8-13H2. The van der Waals surface area contributed by atoms with Gasteiger partial charge in [0.25, 0.3) is 0 Å². The molecule has 1 aliphatic rings. The van der Waals surface area contributed by atoms with Crippen LogP contribution in [0.5, 0.6) is 0 Å². The lowest BCUT2D eigenvalue weighted by molar-refractivity contribution is 0.0965. The molecule has 1 aromatic carbocycles. The average molecular weight is 246 g/mol. The van der Waals surface area contributed by atoms with Gasteiger partial charge in [-0.05, 0) is 5.56 Å². The summed E-state index contributed by atoms with van der Waals surface area (Å²) in [5.41, 5.74) is 1.31. The van der Waals surface area contributed by atoms with E-state index in [1.54, 1.807) is 0 Å². The predicted octanol–water partition coefficient (Wildman–Crippen LogP) is 1.52. The van der Waals surface area contributed by atoms with Crippen molar-refractivity contribution in [3.63, 3.8) is 0 Å². The summed E-state index contributed by atoms with van der Waals surface area (Å²) in [4.78, 5) is 4.76. The van der Waals surface area contributed by atoms with Gasteiger partial charge in [0.1, 0.15) is 0 Å². The molecule has 1 heterocycles. The molecule has 1 saturated heterocycles. The van der Waals surface area contributed by atoms with E-state index >= 15 is 0 Å². The van der Waals surface area contributed by atoms with Crippen LogP contribution in [0.1, 0.15) is 11.6 Å². The molecule has 0 bridgehead atoms. The topological polar surface area (TPSA) is 26.7 Å². The van der Waals surface area contributed by atoms with Gasteiger partial charge in [0.05, 0.1) is 12.6 Å². The molecule has 3 nitrogen and oxygen atoms in total. The third-order valence-electron chi connectivity index (χ3n) is 3.58. The number of β-amino-alcohol motifs (C(OH)–C–C–N with tert-alkyl or cyclic N) is 1. The number of nitrogens with zero attached hydrogens (tertiary/aromatic N) is 2. The van der Waals surface area contributed by atoms with Crippen LogP contribution in [0.4, 0.5) is 0 Å². The number of piperazine rings is 1. The highest BCUT2D eigenvalue weighted by Gasteiger charge is 2.22. The Labute approximate surface area is 109 Å². The summed E-state index contributed by atoms with van der Waals surface area (Å²) < 4.78 is 0. The zero-order valence-corrected chi connectivity index (χ0v) is 10.8. The lowest BCUT2D eigenvalue weighted by Gasteiger charge is -2.38. The molecule has 0 saturated carbocycles. The van der Waals surface area contributed by atoms with E-state index in [1.807, 2.05) is 12.1 Å². The minimum atomic E-state index is 0.254. The third-order valence-corrected chi connectivity index (χ3v) is 3.58. The maximum atomic E-state index is 8.95. The number of rotatable bonds is 5. The molecule has 0 spiro atoms. The normalized spacial score (nSPS) is 19.6. The van der Waals surface area contributed by atoms with E-state index in [9.17, 15) is 0 Å². The Morgan fingerprint density at radius 2 is 1.83 bits per heavy atom. The van der Waals surface area contributed by atoms with Crippen LogP contribution < -0.4 is 0 Å². The summed E-state index contributed by atoms with van der Waals surface area (Å²) in [7, 11) is 0. The number of hydrogen-bond donors (Lipinski definition) is 1. The molecule has 0 radical (unpaired) electrons. The zero-order chi connectivity index (χ0) is 12.8. The maximum Gasteiger partial charge on any atom is 0.0558 e. The molecule has 1 unspecified atom stereocenters. The van der Waals surface area contributed by atoms with Crippen molar-refractivity contribution >= 4 is 0 Å². The summed E-state index contributed by atoms with van der Waals surface area (Å²) in [6.07, 6.45) is 2.02. The second kappa shape index (κ2) is 6.69. The van der Waals surface area contributed by atoms with Gasteiger partial charge in [-0.1, -0.05) is 36.4 Å². The van der Waals surface area contributed by atoms with E-state index in [2.05, 4.69) is 40.6 Å². The summed E-state index contributed by atoms with van der Waals surface area (Å²) in [6.45, 7) is 9.13. The van der Waals surface area contributed by atoms with Crippen LogP contribution in [0.3, 0.4) is 0 Å². The maximum absolute atomic E-state index is 8.95. The first-order valence-electron chi connectivity index (χ1n) is 6.60. The van der Waals surface area contributed by atoms with Crippen LogP contribution in [-0.4, -0.2) is 54.2 Å². The minimum Gasteiger partial charge on any atom is -0.395 e. The Hall–Kier alpha value is -1.16. The highest BCUT2D eigenvalue weighted by Crippen LogP contribution is 2.22. The van der Waals surface area contributed by atoms with Gasteiger partial charge in [-0.2, -0.15) is 0 Å². The van der Waals surface area contributed by atoms with Gasteiger partial charge in [0, 0.05) is 32.7 Å². The molecule has 1 aliphatic heterocycles. The van der Waals surface area contributed by atoms with E-state index in [0.29, 0.717) is 6.04 Å². The Bertz CT molecular complexity index is 358. The fourth-order valence-electron chi connectivity index (χ4n) is 2.55. The second-order valence-corrected chi connectivity index (χ2v) is 4.69. The molecular formula is C15H22N2O. The SMILES string of the molecule is C=CC(c1ccccc1)N1CCN(CCO)CC1. The lowest BCUT2D eigenvalue weighted by atomic mass is 10.0. The lowest BCUT2D eigenvalue weighted by Crippen LogP contribution is -2.47. The predicted molar refractivity (Wildman–Crippen MR) is 74.5 cm³/mol. The Morgan fingerprint density at radius 3 is 2.39 bits per heavy atom. The molecule has 0 amide bonds. The van der Waals surface area contributed by atoms with Crippen LogP contribution in [-0.2, 0) is 0 Å². The molecule has 0 aliphatic carbocycles. The molecule has 0 aromatic heterocycles. The van der Waals surface area contributed by atoms with Gasteiger partial charge in [0.2, 0.25) is 0 Å². The highest BCUT2D eigenvalue weighted by molar-refractivity contribution is 5.22. The fraction of sp³-hybridized carbons (Fsp3) is 0.467. The molecule has 1 atom stereocenters. The van der Waals surface area contributed by atoms with E-state index in [4.69, 9.17) is 5.11 Å². The average Bonchev–Trinajstić information content (AvgIpc) is 2.43. The molecule has 18 heavy (non-hydrogen) atoms. The number of aliphatic hydroxyl groups is 1. The van der Waals surface area contributed by atoms with E-state index in [-0.39, 0.29) is 6.61 Å². The van der Waals surface area contributed by atoms with Gasteiger partial charge >= 0.3 is 0 Å². The zero-order valence-electron chi connectivity index (χ0n) is 10.8. The van der Waals surface area contributed by atoms with Gasteiger partial charge in [-0.25, -0.2) is 0 Å². The van der Waals surface area contributed by atoms with Crippen molar-refractivity contribution in [3.8, 4) is 0 Å². The highest BCUT2D eigenvalue weighted by atomic mass is 16.3. The van der Waals surface area contributed by atoms with Gasteiger partial charge < -0.3 is 5.11 Å². The van der Waals surface area contributed by atoms with Crippen LogP contribution in [0.2, 0.25) is 0 Å². The van der Waals surface area contributed by atoms with Crippen molar-refractivity contribution < 1.29 is 5.11 Å². The molecule has 2 rings (SSSR count). The first-order chi connectivity index (χ1) is 8.85. The molecule has 1 N–H and O–H groups in total. The Morgan fingerprint density at radius 1 is 1.17 bits per heavy atom. The summed E-state index contributed by atoms with van der Waals surface area (Å²) in [6, 6.07) is 10.8. The summed E-state index contributed by atoms with van der Waals surface area (Å²) in [5, 5.41) is 8.95. The van der Waals surface area contributed by atoms with Crippen molar-refractivity contribution in [2.45, 2.75) is 6.04 Å². The molecular weight excluding hydrogens is 224 g/mol. The molecule has 1 fully saturated rings. The van der Waals surface area contributed by atoms with Crippen molar-refractivity contribution in [3.05, 3.63) is 48.6 Å². The van der Waals surface area contributed by atoms with Crippen molar-refractivity contribution in [1.82, 2.24) is 9.80 Å². The van der Waals surface area contributed by atoms with Gasteiger partial charge in [0.15, 0.2) is 0 Å². The molecule has 3 heteroatoms. The van der Waals surface area contributed by atoms with E-state index < -0.39 is 0 Å². The van der Waals surface area contributed by atoms with Crippen LogP contribution in [0.25, 0.3) is 0 Å². The van der Waals surface area contributed by atoms with Crippen molar-refractivity contribution in [2.24, 2.45) is 0 Å². The first kappa shape index (κ1) is 13.3. The number of benzene rings is 1. The van der Waals surface area contributed by atoms with Gasteiger partial charge in [-0.15, -0.1) is 6.58 Å². The molecule has 98 valence electrons. The largest absolute Gasteiger partial charge is 0.395 e. The second-order valence-electron chi connectivity index (χ2n) is 4.69. The van der Waals surface area contributed by atoms with E-state index in [0.717, 1.165) is 32.7 Å². The quantitative estimate of drug-likeness (QED) is 0.798. The minimum absolute atomic E-state index is 0.254. The smallest absolute Gasteiger partial charge is 0.0558 e. The fourth-order valence-corrected chi connectivity index (χ4v) is 2.55. The monoisotopic (exact) mass is 246 g/mol.